The first kappa shape index (κ1) is 13.1. The smallest absolute Gasteiger partial charge is 0.0576 e. The number of ether oxygens (including phenoxy) is 1. The fourth-order valence-electron chi connectivity index (χ4n) is 2.41. The van der Waals surface area contributed by atoms with Gasteiger partial charge in [0.05, 0.1) is 6.10 Å². The molecule has 1 aromatic heterocycles. The second-order valence-corrected chi connectivity index (χ2v) is 5.98. The van der Waals surface area contributed by atoms with Crippen LogP contribution in [-0.4, -0.2) is 18.8 Å². The van der Waals surface area contributed by atoms with Crippen molar-refractivity contribution in [3.63, 3.8) is 0 Å². The first-order valence-electron chi connectivity index (χ1n) is 6.74. The molecule has 0 aromatic carbocycles. The Morgan fingerprint density at radius 2 is 2.41 bits per heavy atom. The summed E-state index contributed by atoms with van der Waals surface area (Å²) in [6.07, 6.45) is 8.79. The molecule has 2 atom stereocenters. The van der Waals surface area contributed by atoms with Gasteiger partial charge in [-0.2, -0.15) is 0 Å². The van der Waals surface area contributed by atoms with Crippen LogP contribution >= 0.6 is 11.3 Å². The van der Waals surface area contributed by atoms with Crippen molar-refractivity contribution in [2.45, 2.75) is 57.1 Å². The molecule has 3 heteroatoms. The van der Waals surface area contributed by atoms with Crippen LogP contribution in [0.25, 0.3) is 0 Å². The standard InChI is InChI=1S/C14H23NOS/c15-12(8-9-13-5-2-10-16-13)4-1-6-14-7-3-11-17-14/h3,7,11-13H,1-2,4-6,8-10,15H2. The first-order chi connectivity index (χ1) is 8.34. The van der Waals surface area contributed by atoms with E-state index in [0.717, 1.165) is 25.9 Å². The summed E-state index contributed by atoms with van der Waals surface area (Å²) in [5.41, 5.74) is 6.14. The number of rotatable bonds is 7. The van der Waals surface area contributed by atoms with Crippen molar-refractivity contribution in [2.75, 3.05) is 6.61 Å². The Hall–Kier alpha value is -0.380. The van der Waals surface area contributed by atoms with Crippen LogP contribution < -0.4 is 5.73 Å². The van der Waals surface area contributed by atoms with Crippen LogP contribution in [0.2, 0.25) is 0 Å². The van der Waals surface area contributed by atoms with Crippen LogP contribution in [0.1, 0.15) is 43.4 Å². The topological polar surface area (TPSA) is 35.2 Å². The van der Waals surface area contributed by atoms with E-state index in [4.69, 9.17) is 10.5 Å². The maximum absolute atomic E-state index is 6.14. The van der Waals surface area contributed by atoms with Crippen LogP contribution in [-0.2, 0) is 11.2 Å². The van der Waals surface area contributed by atoms with E-state index in [9.17, 15) is 0 Å². The summed E-state index contributed by atoms with van der Waals surface area (Å²) in [6.45, 7) is 0.957. The molecule has 17 heavy (non-hydrogen) atoms. The third-order valence-corrected chi connectivity index (χ3v) is 4.40. The number of hydrogen-bond acceptors (Lipinski definition) is 3. The summed E-state index contributed by atoms with van der Waals surface area (Å²) in [6, 6.07) is 4.69. The number of hydrogen-bond donors (Lipinski definition) is 1. The van der Waals surface area contributed by atoms with Crippen LogP contribution in [0.5, 0.6) is 0 Å². The molecule has 0 amide bonds. The Balaban J connectivity index is 1.52. The van der Waals surface area contributed by atoms with Gasteiger partial charge in [-0.15, -0.1) is 11.3 Å². The molecule has 2 N–H and O–H groups in total. The normalized spacial score (nSPS) is 21.8. The van der Waals surface area contributed by atoms with Gasteiger partial charge in [-0.05, 0) is 56.4 Å². The van der Waals surface area contributed by atoms with Crippen molar-refractivity contribution >= 4 is 11.3 Å². The highest BCUT2D eigenvalue weighted by Crippen LogP contribution is 2.19. The van der Waals surface area contributed by atoms with Gasteiger partial charge in [0.15, 0.2) is 0 Å². The molecule has 0 spiro atoms. The van der Waals surface area contributed by atoms with E-state index in [0.29, 0.717) is 12.1 Å². The lowest BCUT2D eigenvalue weighted by Gasteiger charge is -2.14. The average Bonchev–Trinajstić information content (AvgIpc) is 2.99. The molecule has 1 saturated heterocycles. The van der Waals surface area contributed by atoms with Gasteiger partial charge in [0.25, 0.3) is 0 Å². The molecule has 2 rings (SSSR count). The second kappa shape index (κ2) is 7.14. The van der Waals surface area contributed by atoms with Crippen LogP contribution in [0.15, 0.2) is 17.5 Å². The average molecular weight is 253 g/mol. The van der Waals surface area contributed by atoms with Gasteiger partial charge in [-0.1, -0.05) is 6.07 Å². The molecule has 1 aromatic rings. The summed E-state index contributed by atoms with van der Waals surface area (Å²) in [7, 11) is 0. The monoisotopic (exact) mass is 253 g/mol. The van der Waals surface area contributed by atoms with E-state index in [-0.39, 0.29) is 0 Å². The van der Waals surface area contributed by atoms with Gasteiger partial charge in [-0.25, -0.2) is 0 Å². The van der Waals surface area contributed by atoms with Gasteiger partial charge in [0.1, 0.15) is 0 Å². The summed E-state index contributed by atoms with van der Waals surface area (Å²) in [4.78, 5) is 1.48. The van der Waals surface area contributed by atoms with E-state index < -0.39 is 0 Å². The Kier molecular flexibility index (Phi) is 5.49. The van der Waals surface area contributed by atoms with Gasteiger partial charge in [0, 0.05) is 17.5 Å². The third kappa shape index (κ3) is 4.78. The van der Waals surface area contributed by atoms with E-state index in [1.165, 1.54) is 30.6 Å². The number of nitrogens with two attached hydrogens (primary N) is 1. The minimum atomic E-state index is 0.360. The molecular formula is C14H23NOS. The van der Waals surface area contributed by atoms with E-state index in [1.807, 2.05) is 11.3 Å². The van der Waals surface area contributed by atoms with Crippen molar-refractivity contribution in [3.05, 3.63) is 22.4 Å². The van der Waals surface area contributed by atoms with E-state index in [2.05, 4.69) is 17.5 Å². The maximum Gasteiger partial charge on any atom is 0.0576 e. The van der Waals surface area contributed by atoms with Crippen LogP contribution in [0.4, 0.5) is 0 Å². The molecular weight excluding hydrogens is 230 g/mol. The second-order valence-electron chi connectivity index (χ2n) is 4.94. The lowest BCUT2D eigenvalue weighted by atomic mass is 10.0. The summed E-state index contributed by atoms with van der Waals surface area (Å²) in [5.74, 6) is 0. The fourth-order valence-corrected chi connectivity index (χ4v) is 3.16. The molecule has 0 saturated carbocycles. The lowest BCUT2D eigenvalue weighted by Crippen LogP contribution is -2.22. The zero-order valence-electron chi connectivity index (χ0n) is 10.4. The highest BCUT2D eigenvalue weighted by Gasteiger charge is 2.16. The molecule has 2 nitrogen and oxygen atoms in total. The summed E-state index contributed by atoms with van der Waals surface area (Å²) < 4.78 is 5.61. The highest BCUT2D eigenvalue weighted by atomic mass is 32.1. The zero-order chi connectivity index (χ0) is 11.9. The third-order valence-electron chi connectivity index (χ3n) is 3.46. The van der Waals surface area contributed by atoms with Crippen molar-refractivity contribution < 1.29 is 4.74 Å². The Morgan fingerprint density at radius 3 is 3.12 bits per heavy atom. The molecule has 1 fully saturated rings. The van der Waals surface area contributed by atoms with Gasteiger partial charge < -0.3 is 10.5 Å². The molecule has 96 valence electrons. The molecule has 2 heterocycles. The first-order valence-corrected chi connectivity index (χ1v) is 7.62. The maximum atomic E-state index is 6.14. The fraction of sp³-hybridized carbons (Fsp3) is 0.714. The number of thiophene rings is 1. The van der Waals surface area contributed by atoms with Crippen molar-refractivity contribution in [1.29, 1.82) is 0 Å². The Morgan fingerprint density at radius 1 is 1.47 bits per heavy atom. The van der Waals surface area contributed by atoms with Crippen molar-refractivity contribution in [3.8, 4) is 0 Å². The van der Waals surface area contributed by atoms with Gasteiger partial charge >= 0.3 is 0 Å². The SMILES string of the molecule is NC(CCCc1cccs1)CCC1CCCO1. The minimum Gasteiger partial charge on any atom is -0.378 e. The zero-order valence-corrected chi connectivity index (χ0v) is 11.3. The molecule has 0 bridgehead atoms. The van der Waals surface area contributed by atoms with Gasteiger partial charge in [0.2, 0.25) is 0 Å². The molecule has 1 aliphatic rings. The van der Waals surface area contributed by atoms with Crippen LogP contribution in [0.3, 0.4) is 0 Å². The highest BCUT2D eigenvalue weighted by molar-refractivity contribution is 7.09. The van der Waals surface area contributed by atoms with E-state index in [1.54, 1.807) is 0 Å². The van der Waals surface area contributed by atoms with Crippen molar-refractivity contribution in [2.24, 2.45) is 5.73 Å². The quantitative estimate of drug-likeness (QED) is 0.808. The van der Waals surface area contributed by atoms with Gasteiger partial charge in [-0.3, -0.25) is 0 Å². The Bertz CT molecular complexity index is 293. The molecule has 1 aliphatic heterocycles. The lowest BCUT2D eigenvalue weighted by molar-refractivity contribution is 0.100. The summed E-state index contributed by atoms with van der Waals surface area (Å²) in [5, 5.41) is 2.15. The largest absolute Gasteiger partial charge is 0.378 e. The van der Waals surface area contributed by atoms with E-state index >= 15 is 0 Å². The Labute approximate surface area is 108 Å². The van der Waals surface area contributed by atoms with Crippen LogP contribution in [0, 0.1) is 0 Å². The summed E-state index contributed by atoms with van der Waals surface area (Å²) >= 11 is 1.85. The molecule has 0 aliphatic carbocycles. The molecule has 2 unspecified atom stereocenters. The van der Waals surface area contributed by atoms with Crippen molar-refractivity contribution in [1.82, 2.24) is 0 Å². The number of aryl methyl sites for hydroxylation is 1. The molecule has 0 radical (unpaired) electrons. The predicted octanol–water partition coefficient (Wildman–Crippen LogP) is 3.36. The predicted molar refractivity (Wildman–Crippen MR) is 73.4 cm³/mol. The minimum absolute atomic E-state index is 0.360.